The minimum absolute atomic E-state index is 0.121. The van der Waals surface area contributed by atoms with E-state index in [0.717, 1.165) is 4.47 Å². The standard InChI is InChI=1S/C16H23BrN6O3S/c1-12-15(9-19-21(12)2)27(25,26)23-6-3-4-13(10-23)16(24)18-5-7-22-11-14(17)8-20-22/h8-9,11,13H,3-7,10H2,1-2H3,(H,18,24)/t13-/m0/s1. The Kier molecular flexibility index (Phi) is 6.02. The first-order valence-electron chi connectivity index (χ1n) is 8.73. The number of piperidine rings is 1. The lowest BCUT2D eigenvalue weighted by Crippen LogP contribution is -2.45. The molecule has 0 aliphatic carbocycles. The van der Waals surface area contributed by atoms with E-state index in [1.807, 2.05) is 6.20 Å². The summed E-state index contributed by atoms with van der Waals surface area (Å²) in [7, 11) is -1.94. The van der Waals surface area contributed by atoms with E-state index < -0.39 is 10.0 Å². The predicted octanol–water partition coefficient (Wildman–Crippen LogP) is 0.905. The van der Waals surface area contributed by atoms with Gasteiger partial charge in [-0.25, -0.2) is 8.42 Å². The molecule has 2 aromatic heterocycles. The zero-order chi connectivity index (χ0) is 19.6. The summed E-state index contributed by atoms with van der Waals surface area (Å²) in [5.74, 6) is -0.473. The second-order valence-corrected chi connectivity index (χ2v) is 9.45. The third kappa shape index (κ3) is 4.41. The van der Waals surface area contributed by atoms with Crippen LogP contribution in [0.1, 0.15) is 18.5 Å². The summed E-state index contributed by atoms with van der Waals surface area (Å²) in [6.45, 7) is 3.33. The molecule has 1 aliphatic heterocycles. The number of amides is 1. The van der Waals surface area contributed by atoms with E-state index >= 15 is 0 Å². The fourth-order valence-electron chi connectivity index (χ4n) is 3.14. The first-order valence-corrected chi connectivity index (χ1v) is 11.0. The van der Waals surface area contributed by atoms with E-state index in [1.54, 1.807) is 24.9 Å². The number of hydrogen-bond donors (Lipinski definition) is 1. The van der Waals surface area contributed by atoms with Crippen molar-refractivity contribution in [2.45, 2.75) is 31.2 Å². The van der Waals surface area contributed by atoms with Crippen molar-refractivity contribution in [3.63, 3.8) is 0 Å². The average Bonchev–Trinajstić information content (AvgIpc) is 3.21. The van der Waals surface area contributed by atoms with Crippen molar-refractivity contribution in [1.82, 2.24) is 29.2 Å². The van der Waals surface area contributed by atoms with Crippen molar-refractivity contribution >= 4 is 31.9 Å². The van der Waals surface area contributed by atoms with E-state index in [-0.39, 0.29) is 23.3 Å². The lowest BCUT2D eigenvalue weighted by atomic mass is 9.99. The van der Waals surface area contributed by atoms with Gasteiger partial charge in [0.25, 0.3) is 0 Å². The van der Waals surface area contributed by atoms with Crippen molar-refractivity contribution < 1.29 is 13.2 Å². The smallest absolute Gasteiger partial charge is 0.246 e. The highest BCUT2D eigenvalue weighted by Gasteiger charge is 2.34. The van der Waals surface area contributed by atoms with Crippen LogP contribution in [-0.4, -0.2) is 57.8 Å². The number of aryl methyl sites for hydroxylation is 1. The molecule has 1 amide bonds. The molecule has 1 fully saturated rings. The van der Waals surface area contributed by atoms with Gasteiger partial charge in [-0.15, -0.1) is 0 Å². The van der Waals surface area contributed by atoms with Gasteiger partial charge in [-0.2, -0.15) is 14.5 Å². The van der Waals surface area contributed by atoms with Crippen LogP contribution in [0.2, 0.25) is 0 Å². The number of nitrogens with zero attached hydrogens (tertiary/aromatic N) is 5. The van der Waals surface area contributed by atoms with Crippen molar-refractivity contribution in [2.75, 3.05) is 19.6 Å². The van der Waals surface area contributed by atoms with Crippen LogP contribution in [0.25, 0.3) is 0 Å². The van der Waals surface area contributed by atoms with Crippen LogP contribution in [0.15, 0.2) is 28.0 Å². The Morgan fingerprint density at radius 2 is 2.15 bits per heavy atom. The molecule has 11 heteroatoms. The third-order valence-electron chi connectivity index (χ3n) is 4.80. The topological polar surface area (TPSA) is 102 Å². The Morgan fingerprint density at radius 3 is 2.78 bits per heavy atom. The van der Waals surface area contributed by atoms with Crippen LogP contribution in [-0.2, 0) is 28.4 Å². The van der Waals surface area contributed by atoms with Gasteiger partial charge >= 0.3 is 0 Å². The summed E-state index contributed by atoms with van der Waals surface area (Å²) >= 11 is 3.33. The highest BCUT2D eigenvalue weighted by atomic mass is 79.9. The molecule has 1 saturated heterocycles. The predicted molar refractivity (Wildman–Crippen MR) is 102 cm³/mol. The van der Waals surface area contributed by atoms with Crippen LogP contribution in [0.3, 0.4) is 0 Å². The van der Waals surface area contributed by atoms with E-state index in [0.29, 0.717) is 38.2 Å². The average molecular weight is 459 g/mol. The van der Waals surface area contributed by atoms with E-state index in [1.165, 1.54) is 15.2 Å². The van der Waals surface area contributed by atoms with Gasteiger partial charge < -0.3 is 5.32 Å². The van der Waals surface area contributed by atoms with Gasteiger partial charge in [0.2, 0.25) is 15.9 Å². The number of halogens is 1. The van der Waals surface area contributed by atoms with E-state index in [4.69, 9.17) is 0 Å². The molecular formula is C16H23BrN6O3S. The first kappa shape index (κ1) is 20.0. The minimum atomic E-state index is -3.65. The summed E-state index contributed by atoms with van der Waals surface area (Å²) < 4.78 is 31.4. The van der Waals surface area contributed by atoms with E-state index in [2.05, 4.69) is 31.4 Å². The molecule has 9 nitrogen and oxygen atoms in total. The summed E-state index contributed by atoms with van der Waals surface area (Å²) in [6.07, 6.45) is 6.22. The maximum absolute atomic E-state index is 12.9. The summed E-state index contributed by atoms with van der Waals surface area (Å²) in [4.78, 5) is 12.7. The largest absolute Gasteiger partial charge is 0.354 e. The molecule has 3 rings (SSSR count). The van der Waals surface area contributed by atoms with E-state index in [9.17, 15) is 13.2 Å². The molecule has 1 N–H and O–H groups in total. The molecule has 0 saturated carbocycles. The van der Waals surface area contributed by atoms with Crippen molar-refractivity contribution in [3.05, 3.63) is 28.8 Å². The zero-order valence-electron chi connectivity index (χ0n) is 15.3. The Morgan fingerprint density at radius 1 is 1.37 bits per heavy atom. The molecule has 1 atom stereocenters. The first-order chi connectivity index (χ1) is 12.8. The van der Waals surface area contributed by atoms with Crippen LogP contribution in [0.4, 0.5) is 0 Å². The fourth-order valence-corrected chi connectivity index (χ4v) is 5.18. The second-order valence-electron chi connectivity index (χ2n) is 6.63. The monoisotopic (exact) mass is 458 g/mol. The maximum Gasteiger partial charge on any atom is 0.246 e. The summed E-state index contributed by atoms with van der Waals surface area (Å²) in [6, 6.07) is 0. The second kappa shape index (κ2) is 8.11. The Labute approximate surface area is 166 Å². The summed E-state index contributed by atoms with van der Waals surface area (Å²) in [5, 5.41) is 11.0. The van der Waals surface area contributed by atoms with Gasteiger partial charge in [-0.3, -0.25) is 14.2 Å². The number of carbonyl (C=O) groups is 1. The normalized spacial score (nSPS) is 18.6. The number of aromatic nitrogens is 4. The van der Waals surface area contributed by atoms with Crippen LogP contribution in [0.5, 0.6) is 0 Å². The van der Waals surface area contributed by atoms with Gasteiger partial charge in [0.1, 0.15) is 4.90 Å². The zero-order valence-corrected chi connectivity index (χ0v) is 17.7. The van der Waals surface area contributed by atoms with Gasteiger partial charge in [0.15, 0.2) is 0 Å². The van der Waals surface area contributed by atoms with Crippen LogP contribution >= 0.6 is 15.9 Å². The molecule has 0 radical (unpaired) electrons. The Hall–Kier alpha value is -1.72. The van der Waals surface area contributed by atoms with Crippen LogP contribution in [0, 0.1) is 12.8 Å². The van der Waals surface area contributed by atoms with Gasteiger partial charge in [0.05, 0.1) is 35.0 Å². The Balaban J connectivity index is 1.59. The molecular weight excluding hydrogens is 436 g/mol. The fraction of sp³-hybridized carbons (Fsp3) is 0.562. The van der Waals surface area contributed by atoms with Gasteiger partial charge in [-0.1, -0.05) is 0 Å². The molecule has 1 aliphatic rings. The third-order valence-corrected chi connectivity index (χ3v) is 7.18. The molecule has 0 aromatic carbocycles. The highest BCUT2D eigenvalue weighted by molar-refractivity contribution is 9.10. The maximum atomic E-state index is 12.9. The lowest BCUT2D eigenvalue weighted by molar-refractivity contribution is -0.126. The van der Waals surface area contributed by atoms with Gasteiger partial charge in [-0.05, 0) is 35.7 Å². The molecule has 27 heavy (non-hydrogen) atoms. The highest BCUT2D eigenvalue weighted by Crippen LogP contribution is 2.25. The number of carbonyl (C=O) groups excluding carboxylic acids is 1. The molecule has 148 valence electrons. The van der Waals surface area contributed by atoms with Crippen LogP contribution < -0.4 is 5.32 Å². The SMILES string of the molecule is Cc1c(S(=O)(=O)N2CCC[C@H](C(=O)NCCn3cc(Br)cn3)C2)cnn1C. The number of nitrogens with one attached hydrogen (secondary N) is 1. The molecule has 0 bridgehead atoms. The van der Waals surface area contributed by atoms with Gasteiger partial charge in [0, 0.05) is 32.9 Å². The summed E-state index contributed by atoms with van der Waals surface area (Å²) in [5.41, 5.74) is 0.590. The minimum Gasteiger partial charge on any atom is -0.354 e. The molecule has 2 aromatic rings. The molecule has 0 unspecified atom stereocenters. The molecule has 3 heterocycles. The lowest BCUT2D eigenvalue weighted by Gasteiger charge is -2.31. The van der Waals surface area contributed by atoms with Crippen molar-refractivity contribution in [1.29, 1.82) is 0 Å². The number of rotatable bonds is 6. The quantitative estimate of drug-likeness (QED) is 0.692. The van der Waals surface area contributed by atoms with Crippen molar-refractivity contribution in [2.24, 2.45) is 13.0 Å². The van der Waals surface area contributed by atoms with Crippen molar-refractivity contribution in [3.8, 4) is 0 Å². The number of hydrogen-bond acceptors (Lipinski definition) is 5. The Bertz CT molecular complexity index is 922. The molecule has 0 spiro atoms. The number of sulfonamides is 1.